The van der Waals surface area contributed by atoms with Gasteiger partial charge in [0.1, 0.15) is 48.3 Å². The predicted octanol–water partition coefficient (Wildman–Crippen LogP) is -6.26. The Morgan fingerprint density at radius 1 is 0.589 bits per heavy atom. The fourth-order valence-corrected chi connectivity index (χ4v) is 8.16. The Bertz CT molecular complexity index is 1960. The van der Waals surface area contributed by atoms with E-state index in [-0.39, 0.29) is 96.5 Å². The molecule has 0 aromatic rings. The normalized spacial score (nSPS) is 18.1. The first-order valence-electron chi connectivity index (χ1n) is 24.5. The fraction of sp³-hybridized carbons (Fsp3) is 0.727. The Balaban J connectivity index is 2.34. The Labute approximate surface area is 422 Å². The first-order valence-corrected chi connectivity index (χ1v) is 24.5. The molecule has 0 spiro atoms. The highest BCUT2D eigenvalue weighted by atomic mass is 16.4. The molecule has 0 aromatic carbocycles. The van der Waals surface area contributed by atoms with Crippen molar-refractivity contribution in [3.05, 3.63) is 0 Å². The summed E-state index contributed by atoms with van der Waals surface area (Å²) in [4.78, 5) is 151. The summed E-state index contributed by atoms with van der Waals surface area (Å²) in [5, 5.41) is 43.9. The van der Waals surface area contributed by atoms with E-state index < -0.39 is 139 Å². The smallest absolute Gasteiger partial charge is 0.325 e. The van der Waals surface area contributed by atoms with E-state index in [0.29, 0.717) is 32.1 Å². The third-order valence-corrected chi connectivity index (χ3v) is 12.2. The molecule has 0 aliphatic carbocycles. The number of nitrogens with one attached hydrogen (secondary N) is 6. The van der Waals surface area contributed by atoms with Crippen molar-refractivity contribution in [2.75, 3.05) is 39.3 Å². The number of carboxylic acid groups (broad SMARTS) is 2. The molecule has 9 atom stereocenters. The van der Waals surface area contributed by atoms with Crippen LogP contribution in [0.15, 0.2) is 4.99 Å². The number of hydrogen-bond acceptors (Lipinski definition) is 16. The number of nitrogens with zero attached hydrogens (tertiary/aromatic N) is 3. The molecule has 2 saturated heterocycles. The molecule has 0 bridgehead atoms. The predicted molar refractivity (Wildman–Crippen MR) is 260 cm³/mol. The number of rotatable bonds is 34. The summed E-state index contributed by atoms with van der Waals surface area (Å²) in [5.41, 5.74) is 33.3. The van der Waals surface area contributed by atoms with E-state index in [1.807, 2.05) is 0 Å². The van der Waals surface area contributed by atoms with Crippen LogP contribution in [-0.4, -0.2) is 190 Å². The van der Waals surface area contributed by atoms with Crippen LogP contribution >= 0.6 is 0 Å². The Kier molecular flexibility index (Phi) is 27.7. The molecular weight excluding hydrogens is 963 g/mol. The summed E-state index contributed by atoms with van der Waals surface area (Å²) < 4.78 is 0. The van der Waals surface area contributed by atoms with Crippen molar-refractivity contribution in [3.8, 4) is 0 Å². The average molecular weight is 1040 g/mol. The van der Waals surface area contributed by atoms with Crippen LogP contribution in [0.4, 0.5) is 0 Å². The van der Waals surface area contributed by atoms with Crippen LogP contribution in [0.2, 0.25) is 0 Å². The highest BCUT2D eigenvalue weighted by Crippen LogP contribution is 2.26. The van der Waals surface area contributed by atoms with Gasteiger partial charge in [-0.15, -0.1) is 0 Å². The number of nitrogens with two attached hydrogens (primary N) is 6. The minimum Gasteiger partial charge on any atom is -0.481 e. The standard InChI is InChI=1S/C44H77N15O14/c1-24(43(72)73)52-40(69)31-12-7-21-58(31)42(71)32-13-8-22-59(32)41(70)29(10-3-5-19-46)56-39(68)30(23-60)57-38(67)28(15-17-34(62)63)55-36(65)26(9-2-4-18-45)54-37(66)27(11-6-20-51-44(49)50)53-35(64)25(47)14-16-33(48)61/h24-32,60H,2-23,45-47H2,1H3,(H2,48,61)(H,52,69)(H,53,64)(H,54,66)(H,55,65)(H,56,68)(H,57,67)(H,62,63)(H,72,73)(H4,49,50,51)/t24-,25-,26-,27-,28-,29-,30-,31-,32-/m0/s1. The van der Waals surface area contributed by atoms with Crippen molar-refractivity contribution < 1.29 is 68.1 Å². The van der Waals surface area contributed by atoms with E-state index in [9.17, 15) is 68.1 Å². The number of amides is 9. The quantitative estimate of drug-likeness (QED) is 0.0162. The third kappa shape index (κ3) is 21.5. The van der Waals surface area contributed by atoms with Crippen LogP contribution in [0.1, 0.15) is 110 Å². The summed E-state index contributed by atoms with van der Waals surface area (Å²) in [5.74, 6) is -10.2. The Hall–Kier alpha value is -6.72. The second-order valence-corrected chi connectivity index (χ2v) is 18.0. The number of aliphatic carboxylic acids is 2. The molecule has 0 radical (unpaired) electrons. The molecule has 2 aliphatic rings. The van der Waals surface area contributed by atoms with Crippen molar-refractivity contribution in [1.82, 2.24) is 41.7 Å². The van der Waals surface area contributed by atoms with Gasteiger partial charge in [0, 0.05) is 32.5 Å². The molecule has 29 nitrogen and oxygen atoms in total. The Morgan fingerprint density at radius 3 is 1.59 bits per heavy atom. The number of guanidine groups is 1. The van der Waals surface area contributed by atoms with Crippen LogP contribution in [0.3, 0.4) is 0 Å². The van der Waals surface area contributed by atoms with Crippen LogP contribution in [-0.2, 0) is 52.7 Å². The first kappa shape index (κ1) is 62.4. The maximum atomic E-state index is 14.3. The number of likely N-dealkylation sites (tertiary alicyclic amines) is 2. The molecule has 412 valence electrons. The molecule has 9 amide bonds. The van der Waals surface area contributed by atoms with Gasteiger partial charge in [0.2, 0.25) is 53.2 Å². The lowest BCUT2D eigenvalue weighted by atomic mass is 10.0. The number of unbranched alkanes of at least 4 members (excludes halogenated alkanes) is 2. The zero-order chi connectivity index (χ0) is 54.8. The second-order valence-electron chi connectivity index (χ2n) is 18.0. The number of aliphatic hydroxyl groups excluding tert-OH is 1. The number of aliphatic imine (C=N–C) groups is 1. The molecular formula is C44H77N15O14. The van der Waals surface area contributed by atoms with Crippen molar-refractivity contribution in [1.29, 1.82) is 0 Å². The number of carbonyl (C=O) groups is 11. The van der Waals surface area contributed by atoms with Crippen LogP contribution in [0.5, 0.6) is 0 Å². The zero-order valence-corrected chi connectivity index (χ0v) is 41.4. The highest BCUT2D eigenvalue weighted by Gasteiger charge is 2.44. The number of aliphatic hydroxyl groups is 1. The summed E-state index contributed by atoms with van der Waals surface area (Å²) in [6.07, 6.45) is 1.27. The first-order chi connectivity index (χ1) is 34.6. The van der Waals surface area contributed by atoms with E-state index >= 15 is 0 Å². The number of carboxylic acids is 2. The van der Waals surface area contributed by atoms with E-state index in [1.54, 1.807) is 0 Å². The monoisotopic (exact) mass is 1040 g/mol. The lowest BCUT2D eigenvalue weighted by Crippen LogP contribution is -2.60. The lowest BCUT2D eigenvalue weighted by molar-refractivity contribution is -0.148. The summed E-state index contributed by atoms with van der Waals surface area (Å²) in [7, 11) is 0. The molecule has 2 rings (SSSR count). The molecule has 0 saturated carbocycles. The van der Waals surface area contributed by atoms with Gasteiger partial charge in [-0.2, -0.15) is 0 Å². The molecule has 21 N–H and O–H groups in total. The van der Waals surface area contributed by atoms with E-state index in [4.69, 9.17) is 34.4 Å². The van der Waals surface area contributed by atoms with Crippen molar-refractivity contribution in [2.45, 2.75) is 164 Å². The van der Waals surface area contributed by atoms with Crippen molar-refractivity contribution >= 4 is 71.1 Å². The van der Waals surface area contributed by atoms with Crippen LogP contribution in [0.25, 0.3) is 0 Å². The number of carbonyl (C=O) groups excluding carboxylic acids is 9. The second kappa shape index (κ2) is 32.4. The van der Waals surface area contributed by atoms with Crippen LogP contribution in [0, 0.1) is 0 Å². The number of primary amides is 1. The molecule has 0 unspecified atom stereocenters. The van der Waals surface area contributed by atoms with Gasteiger partial charge in [0.05, 0.1) is 12.6 Å². The Morgan fingerprint density at radius 2 is 1.07 bits per heavy atom. The summed E-state index contributed by atoms with van der Waals surface area (Å²) >= 11 is 0. The lowest BCUT2D eigenvalue weighted by Gasteiger charge is -2.33. The summed E-state index contributed by atoms with van der Waals surface area (Å²) in [6, 6.07) is -11.9. The maximum absolute atomic E-state index is 14.3. The highest BCUT2D eigenvalue weighted by molar-refractivity contribution is 5.98. The van der Waals surface area contributed by atoms with Crippen molar-refractivity contribution in [2.24, 2.45) is 39.4 Å². The maximum Gasteiger partial charge on any atom is 0.325 e. The molecule has 73 heavy (non-hydrogen) atoms. The largest absolute Gasteiger partial charge is 0.481 e. The van der Waals surface area contributed by atoms with E-state index in [1.165, 1.54) is 16.7 Å². The SMILES string of the molecule is C[C@H](NC(=O)[C@@H]1CCCN1C(=O)[C@@H]1CCCN1C(=O)[C@H](CCCCN)NC(=O)[C@H](CO)NC(=O)[C@H](CCC(=O)O)NC(=O)[C@H](CCCCN)NC(=O)[C@H](CCCN=C(N)N)NC(=O)[C@@H](N)CCC(N)=O)C(=O)O. The average Bonchev–Trinajstić information content (AvgIpc) is 4.05. The molecule has 2 heterocycles. The van der Waals surface area contributed by atoms with Gasteiger partial charge < -0.3 is 91.4 Å². The van der Waals surface area contributed by atoms with Crippen LogP contribution < -0.4 is 66.3 Å². The van der Waals surface area contributed by atoms with Gasteiger partial charge in [-0.1, -0.05) is 0 Å². The molecule has 2 aliphatic heterocycles. The number of hydrogen-bond donors (Lipinski definition) is 15. The molecule has 0 aromatic heterocycles. The van der Waals surface area contributed by atoms with Gasteiger partial charge in [-0.05, 0) is 110 Å². The van der Waals surface area contributed by atoms with Gasteiger partial charge >= 0.3 is 11.9 Å². The summed E-state index contributed by atoms with van der Waals surface area (Å²) in [6.45, 7) is 1.04. The minimum absolute atomic E-state index is 0.0184. The van der Waals surface area contributed by atoms with Gasteiger partial charge in [0.15, 0.2) is 5.96 Å². The van der Waals surface area contributed by atoms with Gasteiger partial charge in [-0.25, -0.2) is 0 Å². The third-order valence-electron chi connectivity index (χ3n) is 12.2. The topological polar surface area (TPSA) is 496 Å². The van der Waals surface area contributed by atoms with E-state index in [0.717, 1.165) is 0 Å². The van der Waals surface area contributed by atoms with E-state index in [2.05, 4.69) is 36.9 Å². The fourth-order valence-electron chi connectivity index (χ4n) is 8.16. The molecule has 29 heteroatoms. The molecule has 2 fully saturated rings. The zero-order valence-electron chi connectivity index (χ0n) is 41.4. The van der Waals surface area contributed by atoms with Crippen molar-refractivity contribution in [3.63, 3.8) is 0 Å². The van der Waals surface area contributed by atoms with Gasteiger partial charge in [0.25, 0.3) is 0 Å². The van der Waals surface area contributed by atoms with Gasteiger partial charge in [-0.3, -0.25) is 57.7 Å². The minimum atomic E-state index is -1.77.